The Bertz CT molecular complexity index is 1220. The van der Waals surface area contributed by atoms with Crippen LogP contribution in [0.1, 0.15) is 57.1 Å². The summed E-state index contributed by atoms with van der Waals surface area (Å²) < 4.78 is 17.6. The van der Waals surface area contributed by atoms with Gasteiger partial charge in [-0.2, -0.15) is 13.5 Å². The molecule has 2 heterocycles. The Morgan fingerprint density at radius 2 is 2.02 bits per heavy atom. The van der Waals surface area contributed by atoms with Crippen molar-refractivity contribution in [3.8, 4) is 11.5 Å². The Balaban J connectivity index is 0.00000370. The number of aliphatic hydroxyl groups is 1. The molecule has 2 unspecified atom stereocenters. The van der Waals surface area contributed by atoms with Crippen LogP contribution in [0.3, 0.4) is 0 Å². The van der Waals surface area contributed by atoms with Crippen LogP contribution >= 0.6 is 13.5 Å². The van der Waals surface area contributed by atoms with Gasteiger partial charge in [-0.25, -0.2) is 4.79 Å². The van der Waals surface area contributed by atoms with Crippen LogP contribution in [0.25, 0.3) is 0 Å². The van der Waals surface area contributed by atoms with Crippen molar-refractivity contribution in [2.24, 2.45) is 5.92 Å². The number of methoxy groups -OCH3 is 1. The van der Waals surface area contributed by atoms with Crippen molar-refractivity contribution in [1.82, 2.24) is 10.2 Å². The maximum Gasteiger partial charge on any atom is 0.326 e. The van der Waals surface area contributed by atoms with E-state index in [4.69, 9.17) is 14.2 Å². The van der Waals surface area contributed by atoms with Crippen LogP contribution in [0, 0.1) is 5.92 Å². The highest BCUT2D eigenvalue weighted by Gasteiger charge is 2.71. The highest BCUT2D eigenvalue weighted by Crippen LogP contribution is 2.65. The number of esters is 1. The summed E-state index contributed by atoms with van der Waals surface area (Å²) in [6.45, 7) is 4.31. The Morgan fingerprint density at radius 1 is 1.27 bits per heavy atom. The van der Waals surface area contributed by atoms with Crippen LogP contribution in [0.2, 0.25) is 0 Å². The van der Waals surface area contributed by atoms with Gasteiger partial charge < -0.3 is 34.6 Å². The summed E-state index contributed by atoms with van der Waals surface area (Å²) in [5, 5.41) is 24.0. The molecule has 1 amide bonds. The second kappa shape index (κ2) is 11.3. The fourth-order valence-corrected chi connectivity index (χ4v) is 7.17. The average molecular weight is 577 g/mol. The van der Waals surface area contributed by atoms with Crippen LogP contribution in [0.5, 0.6) is 11.5 Å². The van der Waals surface area contributed by atoms with E-state index >= 15 is 0 Å². The van der Waals surface area contributed by atoms with E-state index in [0.29, 0.717) is 24.3 Å². The van der Waals surface area contributed by atoms with Gasteiger partial charge >= 0.3 is 11.9 Å². The SMILES string of the molecule is COc1ccc2c3c1OC1C(CC(=O)OCCCC(=O)NC(C(=O)O)C(C)C)=CC[C@@]4(O)[C@@H](C2)N(C)CC[C@]314.S. The van der Waals surface area contributed by atoms with Crippen molar-refractivity contribution in [1.29, 1.82) is 0 Å². The monoisotopic (exact) mass is 576 g/mol. The Labute approximate surface area is 241 Å². The molecular weight excluding hydrogens is 536 g/mol. The molecule has 5 rings (SSSR count). The number of carboxylic acids is 1. The first-order valence-corrected chi connectivity index (χ1v) is 13.7. The van der Waals surface area contributed by atoms with E-state index in [1.807, 2.05) is 12.1 Å². The zero-order chi connectivity index (χ0) is 28.1. The maximum atomic E-state index is 12.9. The summed E-state index contributed by atoms with van der Waals surface area (Å²) in [5.41, 5.74) is 1.27. The smallest absolute Gasteiger partial charge is 0.326 e. The van der Waals surface area contributed by atoms with Crippen molar-refractivity contribution in [2.75, 3.05) is 27.3 Å². The predicted octanol–water partition coefficient (Wildman–Crippen LogP) is 2.07. The number of aliphatic carboxylic acids is 1. The molecule has 1 aromatic rings. The number of carboxylic acid groups (broad SMARTS) is 1. The summed E-state index contributed by atoms with van der Waals surface area (Å²) in [4.78, 5) is 38.5. The van der Waals surface area contributed by atoms with E-state index in [2.05, 4.69) is 23.3 Å². The zero-order valence-electron chi connectivity index (χ0n) is 23.5. The fourth-order valence-electron chi connectivity index (χ4n) is 7.17. The first-order valence-electron chi connectivity index (χ1n) is 13.7. The topological polar surface area (TPSA) is 135 Å². The number of nitrogens with one attached hydrogen (secondary N) is 1. The molecule has 10 nitrogen and oxygen atoms in total. The van der Waals surface area contributed by atoms with Crippen LogP contribution < -0.4 is 14.8 Å². The van der Waals surface area contributed by atoms with Gasteiger partial charge in [0.2, 0.25) is 5.91 Å². The molecule has 0 radical (unpaired) electrons. The van der Waals surface area contributed by atoms with Crippen molar-refractivity contribution in [3.05, 3.63) is 34.9 Å². The lowest BCUT2D eigenvalue weighted by atomic mass is 9.49. The zero-order valence-corrected chi connectivity index (χ0v) is 24.5. The molecule has 5 atom stereocenters. The predicted molar refractivity (Wildman–Crippen MR) is 151 cm³/mol. The molecule has 1 aromatic carbocycles. The van der Waals surface area contributed by atoms with Gasteiger partial charge in [0, 0.05) is 18.0 Å². The summed E-state index contributed by atoms with van der Waals surface area (Å²) in [6, 6.07) is 2.97. The van der Waals surface area contributed by atoms with E-state index in [1.54, 1.807) is 21.0 Å². The minimum absolute atomic E-state index is 0. The molecule has 0 aromatic heterocycles. The second-order valence-corrected chi connectivity index (χ2v) is 11.6. The lowest BCUT2D eigenvalue weighted by molar-refractivity contribution is -0.160. The van der Waals surface area contributed by atoms with E-state index < -0.39 is 41.0 Å². The number of piperidine rings is 1. The Hall–Kier alpha value is -2.76. The van der Waals surface area contributed by atoms with Crippen molar-refractivity contribution < 1.29 is 38.8 Å². The number of ether oxygens (including phenoxy) is 3. The van der Waals surface area contributed by atoms with Crippen molar-refractivity contribution in [2.45, 2.75) is 81.6 Å². The molecular formula is C29H40N2O8S. The van der Waals surface area contributed by atoms with Gasteiger partial charge in [0.05, 0.1) is 31.2 Å². The lowest BCUT2D eigenvalue weighted by Gasteiger charge is -2.62. The third-order valence-corrected chi connectivity index (χ3v) is 9.11. The third kappa shape index (κ3) is 4.65. The molecule has 220 valence electrons. The van der Waals surface area contributed by atoms with Crippen molar-refractivity contribution in [3.63, 3.8) is 0 Å². The van der Waals surface area contributed by atoms with Crippen LogP contribution in [0.15, 0.2) is 23.8 Å². The third-order valence-electron chi connectivity index (χ3n) is 9.11. The number of carbonyl (C=O) groups excluding carboxylic acids is 2. The van der Waals surface area contributed by atoms with Gasteiger partial charge in [-0.1, -0.05) is 26.0 Å². The molecule has 0 saturated carbocycles. The van der Waals surface area contributed by atoms with E-state index in [0.717, 1.165) is 29.7 Å². The normalized spacial score (nSPS) is 28.4. The number of likely N-dealkylation sites (tertiary alicyclic amines) is 1. The minimum atomic E-state index is -1.08. The number of amides is 1. The molecule has 2 bridgehead atoms. The molecule has 2 aliphatic carbocycles. The van der Waals surface area contributed by atoms with Crippen LogP contribution in [-0.2, 0) is 31.0 Å². The minimum Gasteiger partial charge on any atom is -0.493 e. The highest BCUT2D eigenvalue weighted by molar-refractivity contribution is 7.59. The average Bonchev–Trinajstić information content (AvgIpc) is 3.24. The number of nitrogens with zero attached hydrogens (tertiary/aromatic N) is 1. The first-order chi connectivity index (χ1) is 18.5. The highest BCUT2D eigenvalue weighted by atomic mass is 32.1. The summed E-state index contributed by atoms with van der Waals surface area (Å²) in [5.74, 6) is -0.853. The van der Waals surface area contributed by atoms with E-state index in [9.17, 15) is 24.6 Å². The first kappa shape index (κ1) is 30.2. The van der Waals surface area contributed by atoms with Crippen LogP contribution in [-0.4, -0.2) is 84.1 Å². The number of likely N-dealkylation sites (N-methyl/N-ethyl adjacent to an activating group) is 1. The van der Waals surface area contributed by atoms with Gasteiger partial charge in [-0.3, -0.25) is 9.59 Å². The lowest BCUT2D eigenvalue weighted by Crippen LogP contribution is -2.74. The second-order valence-electron chi connectivity index (χ2n) is 11.6. The molecule has 4 aliphatic rings. The quantitative estimate of drug-likeness (QED) is 0.217. The van der Waals surface area contributed by atoms with Gasteiger partial charge in [0.15, 0.2) is 11.5 Å². The Kier molecular flexibility index (Phi) is 8.50. The number of hydrogen-bond acceptors (Lipinski definition) is 8. The maximum absolute atomic E-state index is 12.9. The van der Waals surface area contributed by atoms with Crippen LogP contribution in [0.4, 0.5) is 0 Å². The van der Waals surface area contributed by atoms with Gasteiger partial charge in [-0.05, 0) is 62.4 Å². The number of rotatable bonds is 10. The summed E-state index contributed by atoms with van der Waals surface area (Å²) >= 11 is 0. The molecule has 1 fully saturated rings. The fraction of sp³-hybridized carbons (Fsp3) is 0.621. The molecule has 3 N–H and O–H groups in total. The van der Waals surface area contributed by atoms with E-state index in [1.165, 1.54) is 0 Å². The summed E-state index contributed by atoms with van der Waals surface area (Å²) in [7, 11) is 3.66. The standard InChI is InChI=1S/C29H38N2O8.H2S/c1-16(2)24(27(34)35)30-21(32)6-5-13-38-22(33)15-18-9-10-29(36)20-14-17-7-8-19(37-4)25-23(17)28(29,26(18)39-25)11-12-31(20)3;/h7-9,16,20,24,26,36H,5-6,10-15H2,1-4H3,(H,30,32)(H,34,35);1H2/t20-,24?,26?,28+,29-;/m1./s1. The summed E-state index contributed by atoms with van der Waals surface area (Å²) in [6.07, 6.45) is 3.64. The molecule has 40 heavy (non-hydrogen) atoms. The number of carbonyl (C=O) groups is 3. The number of benzene rings is 1. The molecule has 11 heteroatoms. The van der Waals surface area contributed by atoms with Gasteiger partial charge in [0.1, 0.15) is 12.1 Å². The molecule has 2 aliphatic heterocycles. The Morgan fingerprint density at radius 3 is 2.70 bits per heavy atom. The largest absolute Gasteiger partial charge is 0.493 e. The molecule has 1 spiro atoms. The van der Waals surface area contributed by atoms with E-state index in [-0.39, 0.29) is 51.3 Å². The molecule has 1 saturated heterocycles. The van der Waals surface area contributed by atoms with Gasteiger partial charge in [-0.15, -0.1) is 0 Å². The number of hydrogen-bond donors (Lipinski definition) is 3. The van der Waals surface area contributed by atoms with Gasteiger partial charge in [0.25, 0.3) is 0 Å². The van der Waals surface area contributed by atoms with Crippen molar-refractivity contribution >= 4 is 31.3 Å².